The third-order valence-corrected chi connectivity index (χ3v) is 4.69. The standard InChI is InChI=1S/C11H23NO2S/c1-2-3-4-5-7-12-8-6-10-15(13,14)11-9-12/h2-11H2,1H3. The van der Waals surface area contributed by atoms with Crippen LogP contribution in [0.3, 0.4) is 0 Å². The molecular weight excluding hydrogens is 210 g/mol. The Bertz CT molecular complexity index is 262. The van der Waals surface area contributed by atoms with Gasteiger partial charge in [0.05, 0.1) is 11.5 Å². The van der Waals surface area contributed by atoms with E-state index in [-0.39, 0.29) is 0 Å². The number of unbranched alkanes of at least 4 members (excludes halogenated alkanes) is 3. The molecule has 1 fully saturated rings. The summed E-state index contributed by atoms with van der Waals surface area (Å²) in [7, 11) is -2.73. The van der Waals surface area contributed by atoms with Gasteiger partial charge in [-0.1, -0.05) is 26.2 Å². The lowest BCUT2D eigenvalue weighted by molar-refractivity contribution is 0.287. The van der Waals surface area contributed by atoms with Crippen LogP contribution in [0.2, 0.25) is 0 Å². The second-order valence-corrected chi connectivity index (χ2v) is 6.71. The van der Waals surface area contributed by atoms with Crippen molar-refractivity contribution in [3.8, 4) is 0 Å². The van der Waals surface area contributed by atoms with E-state index in [1.165, 1.54) is 25.7 Å². The zero-order valence-corrected chi connectivity index (χ0v) is 10.6. The van der Waals surface area contributed by atoms with Crippen molar-refractivity contribution < 1.29 is 8.42 Å². The largest absolute Gasteiger partial charge is 0.302 e. The summed E-state index contributed by atoms with van der Waals surface area (Å²) >= 11 is 0. The fraction of sp³-hybridized carbons (Fsp3) is 1.00. The van der Waals surface area contributed by atoms with Crippen molar-refractivity contribution >= 4 is 9.84 Å². The third-order valence-electron chi connectivity index (χ3n) is 2.98. The maximum Gasteiger partial charge on any atom is 0.151 e. The zero-order valence-electron chi connectivity index (χ0n) is 9.74. The molecule has 1 rings (SSSR count). The molecule has 0 saturated carbocycles. The first-order valence-corrected chi connectivity index (χ1v) is 7.89. The summed E-state index contributed by atoms with van der Waals surface area (Å²) in [5, 5.41) is 0. The molecule has 15 heavy (non-hydrogen) atoms. The van der Waals surface area contributed by atoms with E-state index in [9.17, 15) is 8.42 Å². The van der Waals surface area contributed by atoms with Crippen LogP contribution in [0.25, 0.3) is 0 Å². The van der Waals surface area contributed by atoms with Gasteiger partial charge >= 0.3 is 0 Å². The molecule has 0 aromatic rings. The molecule has 0 amide bonds. The average Bonchev–Trinajstić information content (AvgIpc) is 2.35. The lowest BCUT2D eigenvalue weighted by atomic mass is 10.2. The normalized spacial score (nSPS) is 22.5. The van der Waals surface area contributed by atoms with E-state index in [0.29, 0.717) is 11.5 Å². The number of sulfone groups is 1. The second kappa shape index (κ2) is 6.48. The fourth-order valence-corrected chi connectivity index (χ4v) is 3.29. The zero-order chi connectivity index (χ0) is 11.1. The molecule has 0 bridgehead atoms. The van der Waals surface area contributed by atoms with Gasteiger partial charge in [-0.15, -0.1) is 0 Å². The second-order valence-electron chi connectivity index (χ2n) is 4.41. The molecule has 1 saturated heterocycles. The molecule has 1 aliphatic rings. The van der Waals surface area contributed by atoms with Crippen molar-refractivity contribution in [3.05, 3.63) is 0 Å². The van der Waals surface area contributed by atoms with Crippen molar-refractivity contribution in [2.45, 2.75) is 39.0 Å². The average molecular weight is 233 g/mol. The molecule has 0 N–H and O–H groups in total. The molecule has 0 radical (unpaired) electrons. The SMILES string of the molecule is CCCCCCN1CCCS(=O)(=O)CC1. The molecular formula is C11H23NO2S. The Balaban J connectivity index is 2.20. The minimum Gasteiger partial charge on any atom is -0.302 e. The molecule has 1 heterocycles. The summed E-state index contributed by atoms with van der Waals surface area (Å²) in [4.78, 5) is 2.31. The van der Waals surface area contributed by atoms with E-state index in [0.717, 1.165) is 26.1 Å². The highest BCUT2D eigenvalue weighted by Gasteiger charge is 2.18. The van der Waals surface area contributed by atoms with Crippen LogP contribution in [0.1, 0.15) is 39.0 Å². The molecule has 0 unspecified atom stereocenters. The van der Waals surface area contributed by atoms with E-state index in [1.54, 1.807) is 0 Å². The predicted molar refractivity (Wildman–Crippen MR) is 63.9 cm³/mol. The van der Waals surface area contributed by atoms with Gasteiger partial charge in [0.15, 0.2) is 9.84 Å². The van der Waals surface area contributed by atoms with Crippen LogP contribution < -0.4 is 0 Å². The Morgan fingerprint density at radius 2 is 1.87 bits per heavy atom. The highest BCUT2D eigenvalue weighted by molar-refractivity contribution is 7.91. The van der Waals surface area contributed by atoms with Crippen molar-refractivity contribution in [1.29, 1.82) is 0 Å². The summed E-state index contributed by atoms with van der Waals surface area (Å²) in [5.41, 5.74) is 0. The smallest absolute Gasteiger partial charge is 0.151 e. The number of hydrogen-bond acceptors (Lipinski definition) is 3. The molecule has 1 aliphatic heterocycles. The van der Waals surface area contributed by atoms with E-state index < -0.39 is 9.84 Å². The van der Waals surface area contributed by atoms with Crippen LogP contribution in [0, 0.1) is 0 Å². The van der Waals surface area contributed by atoms with Crippen LogP contribution in [0.4, 0.5) is 0 Å². The van der Waals surface area contributed by atoms with Crippen LogP contribution in [0.5, 0.6) is 0 Å². The summed E-state index contributed by atoms with van der Waals surface area (Å²) in [5.74, 6) is 0.749. The Morgan fingerprint density at radius 3 is 2.60 bits per heavy atom. The molecule has 3 nitrogen and oxygen atoms in total. The van der Waals surface area contributed by atoms with Crippen LogP contribution in [-0.4, -0.2) is 44.5 Å². The van der Waals surface area contributed by atoms with Crippen molar-refractivity contribution in [1.82, 2.24) is 4.90 Å². The van der Waals surface area contributed by atoms with Gasteiger partial charge in [0.2, 0.25) is 0 Å². The van der Waals surface area contributed by atoms with Gasteiger partial charge in [-0.25, -0.2) is 8.42 Å². The van der Waals surface area contributed by atoms with Crippen LogP contribution in [0.15, 0.2) is 0 Å². The van der Waals surface area contributed by atoms with E-state index >= 15 is 0 Å². The Labute approximate surface area is 93.8 Å². The van der Waals surface area contributed by atoms with Gasteiger partial charge in [0.25, 0.3) is 0 Å². The summed E-state index contributed by atoms with van der Waals surface area (Å²) < 4.78 is 22.7. The minimum absolute atomic E-state index is 0.362. The van der Waals surface area contributed by atoms with Crippen LogP contribution >= 0.6 is 0 Å². The van der Waals surface area contributed by atoms with E-state index in [1.807, 2.05) is 0 Å². The van der Waals surface area contributed by atoms with E-state index in [2.05, 4.69) is 11.8 Å². The van der Waals surface area contributed by atoms with Gasteiger partial charge in [-0.3, -0.25) is 0 Å². The maximum atomic E-state index is 11.4. The van der Waals surface area contributed by atoms with Crippen molar-refractivity contribution in [2.24, 2.45) is 0 Å². The third kappa shape index (κ3) is 5.52. The fourth-order valence-electron chi connectivity index (χ4n) is 1.98. The summed E-state index contributed by atoms with van der Waals surface area (Å²) in [6.07, 6.45) is 5.87. The Morgan fingerprint density at radius 1 is 1.07 bits per heavy atom. The number of hydrogen-bond donors (Lipinski definition) is 0. The predicted octanol–water partition coefficient (Wildman–Crippen LogP) is 1.69. The Kier molecular flexibility index (Phi) is 5.61. The molecule has 0 aliphatic carbocycles. The minimum atomic E-state index is -2.73. The first-order chi connectivity index (χ1) is 7.14. The molecule has 0 spiro atoms. The molecule has 0 aromatic carbocycles. The quantitative estimate of drug-likeness (QED) is 0.678. The van der Waals surface area contributed by atoms with Gasteiger partial charge in [0, 0.05) is 6.54 Å². The molecule has 4 heteroatoms. The topological polar surface area (TPSA) is 37.4 Å². The lowest BCUT2D eigenvalue weighted by Gasteiger charge is -2.18. The summed E-state index contributed by atoms with van der Waals surface area (Å²) in [6.45, 7) is 4.99. The summed E-state index contributed by atoms with van der Waals surface area (Å²) in [6, 6.07) is 0. The first kappa shape index (κ1) is 13.0. The van der Waals surface area contributed by atoms with Crippen LogP contribution in [-0.2, 0) is 9.84 Å². The highest BCUT2D eigenvalue weighted by Crippen LogP contribution is 2.07. The maximum absolute atomic E-state index is 11.4. The number of rotatable bonds is 5. The van der Waals surface area contributed by atoms with E-state index in [4.69, 9.17) is 0 Å². The highest BCUT2D eigenvalue weighted by atomic mass is 32.2. The van der Waals surface area contributed by atoms with Gasteiger partial charge in [-0.2, -0.15) is 0 Å². The monoisotopic (exact) mass is 233 g/mol. The first-order valence-electron chi connectivity index (χ1n) is 6.07. The Hall–Kier alpha value is -0.0900. The van der Waals surface area contributed by atoms with Crippen molar-refractivity contribution in [2.75, 3.05) is 31.1 Å². The molecule has 90 valence electrons. The van der Waals surface area contributed by atoms with Crippen molar-refractivity contribution in [3.63, 3.8) is 0 Å². The number of nitrogens with zero attached hydrogens (tertiary/aromatic N) is 1. The lowest BCUT2D eigenvalue weighted by Crippen LogP contribution is -2.28. The van der Waals surface area contributed by atoms with Gasteiger partial charge < -0.3 is 4.90 Å². The molecule has 0 atom stereocenters. The van der Waals surface area contributed by atoms with Gasteiger partial charge in [0.1, 0.15) is 0 Å². The van der Waals surface area contributed by atoms with Gasteiger partial charge in [-0.05, 0) is 25.9 Å². The molecule has 0 aromatic heterocycles.